The van der Waals surface area contributed by atoms with E-state index in [1.54, 1.807) is 0 Å². The molecule has 2 rings (SSSR count). The van der Waals surface area contributed by atoms with Gasteiger partial charge in [-0.1, -0.05) is 0 Å². The average molecular weight is 235 g/mol. The van der Waals surface area contributed by atoms with Gasteiger partial charge in [0.05, 0.1) is 10.5 Å². The molecule has 0 bridgehead atoms. The van der Waals surface area contributed by atoms with E-state index in [0.29, 0.717) is 6.29 Å². The molecule has 17 heavy (non-hydrogen) atoms. The Morgan fingerprint density at radius 3 is 2.82 bits per heavy atom. The third-order valence-electron chi connectivity index (χ3n) is 2.13. The molecule has 0 unspecified atom stereocenters. The monoisotopic (exact) mass is 235 g/mol. The molecule has 0 fully saturated rings. The van der Waals surface area contributed by atoms with Crippen molar-refractivity contribution in [2.45, 2.75) is 0 Å². The zero-order valence-electron chi connectivity index (χ0n) is 8.38. The van der Waals surface area contributed by atoms with E-state index >= 15 is 0 Å². The van der Waals surface area contributed by atoms with E-state index in [2.05, 4.69) is 9.97 Å². The van der Waals surface area contributed by atoms with E-state index in [-0.39, 0.29) is 22.8 Å². The number of halogens is 1. The van der Waals surface area contributed by atoms with Crippen LogP contribution < -0.4 is 0 Å². The van der Waals surface area contributed by atoms with Crippen LogP contribution in [0.2, 0.25) is 0 Å². The summed E-state index contributed by atoms with van der Waals surface area (Å²) < 4.78 is 13.5. The van der Waals surface area contributed by atoms with Gasteiger partial charge in [-0.25, -0.2) is 9.37 Å². The molecule has 6 nitrogen and oxygen atoms in total. The first kappa shape index (κ1) is 10.9. The summed E-state index contributed by atoms with van der Waals surface area (Å²) in [5.74, 6) is -0.573. The molecule has 0 aliphatic carbocycles. The Hall–Kier alpha value is -2.57. The molecule has 0 saturated heterocycles. The third kappa shape index (κ3) is 2.03. The van der Waals surface area contributed by atoms with Gasteiger partial charge in [0.25, 0.3) is 5.69 Å². The van der Waals surface area contributed by atoms with Crippen molar-refractivity contribution in [2.75, 3.05) is 0 Å². The van der Waals surface area contributed by atoms with Crippen molar-refractivity contribution in [1.29, 1.82) is 0 Å². The molecule has 0 aliphatic heterocycles. The number of benzene rings is 1. The first-order chi connectivity index (χ1) is 8.11. The highest BCUT2D eigenvalue weighted by Crippen LogP contribution is 2.24. The van der Waals surface area contributed by atoms with Crippen LogP contribution >= 0.6 is 0 Å². The number of nitro benzene ring substituents is 1. The minimum atomic E-state index is -0.651. The standard InChI is InChI=1S/C10H6FN3O3/c11-9-2-1-7(14(16)17)3-8(9)10-12-4-6(5-15)13-10/h1-5H,(H,12,13). The number of H-pyrrole nitrogens is 1. The number of rotatable bonds is 3. The van der Waals surface area contributed by atoms with Crippen LogP contribution in [0.1, 0.15) is 10.5 Å². The van der Waals surface area contributed by atoms with Gasteiger partial charge in [-0.15, -0.1) is 0 Å². The maximum absolute atomic E-state index is 13.5. The first-order valence-corrected chi connectivity index (χ1v) is 4.56. The fraction of sp³-hybridized carbons (Fsp3) is 0. The van der Waals surface area contributed by atoms with E-state index in [0.717, 1.165) is 18.2 Å². The predicted molar refractivity (Wildman–Crippen MR) is 56.0 cm³/mol. The van der Waals surface area contributed by atoms with Gasteiger partial charge in [0.2, 0.25) is 0 Å². The van der Waals surface area contributed by atoms with Crippen molar-refractivity contribution in [3.05, 3.63) is 46.0 Å². The van der Waals surface area contributed by atoms with Gasteiger partial charge in [0, 0.05) is 18.3 Å². The Labute approximate surface area is 94.3 Å². The van der Waals surface area contributed by atoms with E-state index in [4.69, 9.17) is 0 Å². The van der Waals surface area contributed by atoms with Crippen molar-refractivity contribution in [3.63, 3.8) is 0 Å². The minimum absolute atomic E-state index is 0.0488. The molecule has 86 valence electrons. The number of hydrogen-bond acceptors (Lipinski definition) is 4. The maximum Gasteiger partial charge on any atom is 0.270 e. The molecular formula is C10H6FN3O3. The Bertz CT molecular complexity index is 594. The summed E-state index contributed by atoms with van der Waals surface area (Å²) in [5, 5.41) is 10.6. The summed E-state index contributed by atoms with van der Waals surface area (Å²) in [6, 6.07) is 3.10. The number of carbonyl (C=O) groups is 1. The molecule has 0 radical (unpaired) electrons. The van der Waals surface area contributed by atoms with Crippen LogP contribution in [0, 0.1) is 15.9 Å². The quantitative estimate of drug-likeness (QED) is 0.500. The van der Waals surface area contributed by atoms with Gasteiger partial charge >= 0.3 is 0 Å². The van der Waals surface area contributed by atoms with Crippen molar-refractivity contribution in [2.24, 2.45) is 0 Å². The SMILES string of the molecule is O=Cc1c[nH]c(-c2cc([N+](=O)[O-])ccc2F)n1. The van der Waals surface area contributed by atoms with E-state index in [1.165, 1.54) is 6.20 Å². The number of nitrogens with zero attached hydrogens (tertiary/aromatic N) is 2. The fourth-order valence-electron chi connectivity index (χ4n) is 1.34. The summed E-state index contributed by atoms with van der Waals surface area (Å²) in [4.78, 5) is 26.7. The predicted octanol–water partition coefficient (Wildman–Crippen LogP) is 1.94. The van der Waals surface area contributed by atoms with Gasteiger partial charge in [0.15, 0.2) is 6.29 Å². The van der Waals surface area contributed by atoms with Crippen LogP contribution in [0.4, 0.5) is 10.1 Å². The van der Waals surface area contributed by atoms with E-state index in [1.807, 2.05) is 0 Å². The topological polar surface area (TPSA) is 88.9 Å². The van der Waals surface area contributed by atoms with Gasteiger partial charge in [-0.05, 0) is 6.07 Å². The normalized spacial score (nSPS) is 10.2. The number of carbonyl (C=O) groups excluding carboxylic acids is 1. The molecule has 0 aliphatic rings. The molecule has 0 spiro atoms. The van der Waals surface area contributed by atoms with Crippen molar-refractivity contribution >= 4 is 12.0 Å². The van der Waals surface area contributed by atoms with Crippen molar-refractivity contribution < 1.29 is 14.1 Å². The van der Waals surface area contributed by atoms with Crippen LogP contribution in [0.3, 0.4) is 0 Å². The van der Waals surface area contributed by atoms with E-state index in [9.17, 15) is 19.3 Å². The number of imidazole rings is 1. The molecular weight excluding hydrogens is 229 g/mol. The zero-order chi connectivity index (χ0) is 12.4. The second kappa shape index (κ2) is 4.12. The van der Waals surface area contributed by atoms with Crippen LogP contribution in [-0.4, -0.2) is 21.2 Å². The molecule has 0 atom stereocenters. The van der Waals surface area contributed by atoms with Crippen molar-refractivity contribution in [1.82, 2.24) is 9.97 Å². The Morgan fingerprint density at radius 2 is 2.24 bits per heavy atom. The second-order valence-corrected chi connectivity index (χ2v) is 3.21. The number of non-ortho nitro benzene ring substituents is 1. The van der Waals surface area contributed by atoms with Crippen LogP contribution in [-0.2, 0) is 0 Å². The van der Waals surface area contributed by atoms with Crippen LogP contribution in [0.25, 0.3) is 11.4 Å². The summed E-state index contributed by atoms with van der Waals surface area (Å²) in [6.45, 7) is 0. The number of aromatic nitrogens is 2. The lowest BCUT2D eigenvalue weighted by Crippen LogP contribution is -1.92. The van der Waals surface area contributed by atoms with Crippen LogP contribution in [0.15, 0.2) is 24.4 Å². The molecule has 0 saturated carbocycles. The highest BCUT2D eigenvalue weighted by molar-refractivity contribution is 5.73. The number of aldehydes is 1. The minimum Gasteiger partial charge on any atom is -0.344 e. The molecule has 1 heterocycles. The molecule has 2 aromatic rings. The number of hydrogen-bond donors (Lipinski definition) is 1. The lowest BCUT2D eigenvalue weighted by atomic mass is 10.2. The summed E-state index contributed by atoms with van der Waals surface area (Å²) >= 11 is 0. The Kier molecular flexibility index (Phi) is 2.65. The first-order valence-electron chi connectivity index (χ1n) is 4.56. The fourth-order valence-corrected chi connectivity index (χ4v) is 1.34. The highest BCUT2D eigenvalue weighted by Gasteiger charge is 2.14. The van der Waals surface area contributed by atoms with Gasteiger partial charge in [-0.2, -0.15) is 0 Å². The van der Waals surface area contributed by atoms with E-state index < -0.39 is 10.7 Å². The highest BCUT2D eigenvalue weighted by atomic mass is 19.1. The van der Waals surface area contributed by atoms with Gasteiger partial charge in [0.1, 0.15) is 17.3 Å². The third-order valence-corrected chi connectivity index (χ3v) is 2.13. The summed E-state index contributed by atoms with van der Waals surface area (Å²) in [7, 11) is 0. The summed E-state index contributed by atoms with van der Waals surface area (Å²) in [5.41, 5.74) is -0.191. The lowest BCUT2D eigenvalue weighted by molar-refractivity contribution is -0.384. The number of nitrogens with one attached hydrogen (secondary N) is 1. The largest absolute Gasteiger partial charge is 0.344 e. The number of nitro groups is 1. The Balaban J connectivity index is 2.53. The second-order valence-electron chi connectivity index (χ2n) is 3.21. The van der Waals surface area contributed by atoms with Crippen LogP contribution in [0.5, 0.6) is 0 Å². The smallest absolute Gasteiger partial charge is 0.270 e. The van der Waals surface area contributed by atoms with Crippen molar-refractivity contribution in [3.8, 4) is 11.4 Å². The van der Waals surface area contributed by atoms with Gasteiger partial charge in [-0.3, -0.25) is 14.9 Å². The molecule has 0 amide bonds. The number of aromatic amines is 1. The zero-order valence-corrected chi connectivity index (χ0v) is 8.38. The average Bonchev–Trinajstić information content (AvgIpc) is 2.77. The molecule has 1 N–H and O–H groups in total. The lowest BCUT2D eigenvalue weighted by Gasteiger charge is -1.99. The maximum atomic E-state index is 13.5. The van der Waals surface area contributed by atoms with Gasteiger partial charge < -0.3 is 4.98 Å². The summed E-state index contributed by atoms with van der Waals surface area (Å²) in [6.07, 6.45) is 1.79. The Morgan fingerprint density at radius 1 is 1.47 bits per heavy atom. The molecule has 7 heteroatoms. The molecule has 1 aromatic carbocycles. The molecule has 1 aromatic heterocycles.